The maximum Gasteiger partial charge on any atom is 0.472 e. The van der Waals surface area contributed by atoms with Gasteiger partial charge >= 0.3 is 39.5 Å². The van der Waals surface area contributed by atoms with Gasteiger partial charge in [-0.05, 0) is 31.6 Å². The van der Waals surface area contributed by atoms with Gasteiger partial charge in [0.1, 0.15) is 19.3 Å². The second-order valence-corrected chi connectivity index (χ2v) is 33.6. The van der Waals surface area contributed by atoms with Crippen molar-refractivity contribution in [2.24, 2.45) is 5.92 Å². The molecule has 0 saturated heterocycles. The van der Waals surface area contributed by atoms with Crippen molar-refractivity contribution in [3.63, 3.8) is 0 Å². The number of phosphoric acid groups is 2. The predicted octanol–water partition coefficient (Wildman–Crippen LogP) is 25.6. The first-order valence-electron chi connectivity index (χ1n) is 43.6. The summed E-state index contributed by atoms with van der Waals surface area (Å²) in [7, 11) is -9.92. The Morgan fingerprint density at radius 3 is 0.660 bits per heavy atom. The zero-order valence-electron chi connectivity index (χ0n) is 67.5. The molecule has 612 valence electrons. The van der Waals surface area contributed by atoms with Gasteiger partial charge in [-0.15, -0.1) is 0 Å². The van der Waals surface area contributed by atoms with Crippen molar-refractivity contribution in [3.8, 4) is 0 Å². The molecule has 0 aliphatic rings. The molecule has 0 saturated carbocycles. The van der Waals surface area contributed by atoms with E-state index in [2.05, 4.69) is 34.6 Å². The molecule has 19 heteroatoms. The fraction of sp³-hybridized carbons (Fsp3) is 0.952. The number of carbonyl (C=O) groups excluding carboxylic acids is 4. The van der Waals surface area contributed by atoms with Crippen LogP contribution in [0.1, 0.15) is 452 Å². The number of phosphoric ester groups is 2. The summed E-state index contributed by atoms with van der Waals surface area (Å²) in [4.78, 5) is 73.1. The lowest BCUT2D eigenvalue weighted by Gasteiger charge is -2.21. The van der Waals surface area contributed by atoms with Crippen LogP contribution in [0.25, 0.3) is 0 Å². The van der Waals surface area contributed by atoms with Crippen molar-refractivity contribution in [2.75, 3.05) is 39.6 Å². The predicted molar refractivity (Wildman–Crippen MR) is 423 cm³/mol. The number of hydrogen-bond acceptors (Lipinski definition) is 15. The lowest BCUT2D eigenvalue weighted by Crippen LogP contribution is -2.30. The van der Waals surface area contributed by atoms with Crippen LogP contribution in [-0.4, -0.2) is 96.7 Å². The van der Waals surface area contributed by atoms with Crippen LogP contribution < -0.4 is 0 Å². The third kappa shape index (κ3) is 78.0. The first-order chi connectivity index (χ1) is 50.0. The van der Waals surface area contributed by atoms with Gasteiger partial charge in [0.15, 0.2) is 12.2 Å². The van der Waals surface area contributed by atoms with E-state index in [9.17, 15) is 43.2 Å². The zero-order valence-corrected chi connectivity index (χ0v) is 69.3. The van der Waals surface area contributed by atoms with Crippen LogP contribution in [0.2, 0.25) is 0 Å². The normalized spacial score (nSPS) is 13.8. The molecule has 0 amide bonds. The van der Waals surface area contributed by atoms with Gasteiger partial charge in [-0.3, -0.25) is 37.3 Å². The highest BCUT2D eigenvalue weighted by molar-refractivity contribution is 7.47. The molecule has 0 aromatic rings. The Bertz CT molecular complexity index is 1960. The molecule has 17 nitrogen and oxygen atoms in total. The molecule has 0 rings (SSSR count). The monoisotopic (exact) mass is 1510 g/mol. The average molecular weight is 1510 g/mol. The van der Waals surface area contributed by atoms with E-state index < -0.39 is 97.5 Å². The molecule has 0 bridgehead atoms. The molecule has 0 aliphatic carbocycles. The summed E-state index contributed by atoms with van der Waals surface area (Å²) in [5.74, 6) is -1.28. The summed E-state index contributed by atoms with van der Waals surface area (Å²) in [6, 6.07) is 0. The smallest absolute Gasteiger partial charge is 0.462 e. The minimum absolute atomic E-state index is 0.109. The Morgan fingerprint density at radius 1 is 0.262 bits per heavy atom. The van der Waals surface area contributed by atoms with E-state index in [1.165, 1.54) is 276 Å². The number of ether oxygens (including phenoxy) is 4. The van der Waals surface area contributed by atoms with Gasteiger partial charge in [-0.25, -0.2) is 9.13 Å². The number of hydrogen-bond donors (Lipinski definition) is 3. The number of carbonyl (C=O) groups is 4. The van der Waals surface area contributed by atoms with E-state index in [-0.39, 0.29) is 25.7 Å². The van der Waals surface area contributed by atoms with Gasteiger partial charge in [0.25, 0.3) is 0 Å². The maximum absolute atomic E-state index is 13.1. The summed E-state index contributed by atoms with van der Waals surface area (Å²) in [5, 5.41) is 10.7. The second-order valence-electron chi connectivity index (χ2n) is 30.7. The first-order valence-corrected chi connectivity index (χ1v) is 46.6. The van der Waals surface area contributed by atoms with Crippen molar-refractivity contribution >= 4 is 39.5 Å². The number of esters is 4. The fourth-order valence-electron chi connectivity index (χ4n) is 13.1. The van der Waals surface area contributed by atoms with Crippen LogP contribution in [0.15, 0.2) is 0 Å². The van der Waals surface area contributed by atoms with E-state index in [4.69, 9.17) is 37.0 Å². The topological polar surface area (TPSA) is 237 Å². The Kier molecular flexibility index (Phi) is 75.4. The quantitative estimate of drug-likeness (QED) is 0.0222. The summed E-state index contributed by atoms with van der Waals surface area (Å²) in [6.07, 6.45) is 69.4. The van der Waals surface area contributed by atoms with E-state index in [0.717, 1.165) is 95.8 Å². The van der Waals surface area contributed by atoms with Gasteiger partial charge in [0.2, 0.25) is 0 Å². The molecule has 0 fully saturated rings. The number of aliphatic hydroxyl groups is 1. The third-order valence-electron chi connectivity index (χ3n) is 19.8. The summed E-state index contributed by atoms with van der Waals surface area (Å²) < 4.78 is 68.8. The van der Waals surface area contributed by atoms with Gasteiger partial charge in [0.05, 0.1) is 26.4 Å². The number of aliphatic hydroxyl groups excluding tert-OH is 1. The first kappa shape index (κ1) is 101. The van der Waals surface area contributed by atoms with Gasteiger partial charge in [-0.2, -0.15) is 0 Å². The average Bonchev–Trinajstić information content (AvgIpc) is 0.948. The van der Waals surface area contributed by atoms with Gasteiger partial charge < -0.3 is 33.8 Å². The molecular formula is C84H164O17P2. The summed E-state index contributed by atoms with van der Waals surface area (Å²) >= 11 is 0. The van der Waals surface area contributed by atoms with E-state index in [0.29, 0.717) is 25.7 Å². The van der Waals surface area contributed by atoms with Gasteiger partial charge in [0, 0.05) is 25.7 Å². The van der Waals surface area contributed by atoms with Crippen molar-refractivity contribution in [2.45, 2.75) is 470 Å². The Labute approximate surface area is 632 Å². The van der Waals surface area contributed by atoms with Crippen LogP contribution in [0, 0.1) is 5.92 Å². The molecule has 0 aromatic carbocycles. The molecule has 2 unspecified atom stereocenters. The Hall–Kier alpha value is -1.94. The van der Waals surface area contributed by atoms with E-state index in [1.807, 2.05) is 0 Å². The lowest BCUT2D eigenvalue weighted by atomic mass is 10.0. The van der Waals surface area contributed by atoms with Crippen LogP contribution in [-0.2, 0) is 65.4 Å². The molecule has 103 heavy (non-hydrogen) atoms. The van der Waals surface area contributed by atoms with Crippen molar-refractivity contribution in [3.05, 3.63) is 0 Å². The third-order valence-corrected chi connectivity index (χ3v) is 21.7. The fourth-order valence-corrected chi connectivity index (χ4v) is 14.7. The zero-order chi connectivity index (χ0) is 75.5. The van der Waals surface area contributed by atoms with E-state index >= 15 is 0 Å². The van der Waals surface area contributed by atoms with Crippen LogP contribution in [0.3, 0.4) is 0 Å². The minimum atomic E-state index is -4.96. The van der Waals surface area contributed by atoms with Crippen LogP contribution in [0.4, 0.5) is 0 Å². The molecular weight excluding hydrogens is 1340 g/mol. The lowest BCUT2D eigenvalue weighted by molar-refractivity contribution is -0.161. The molecule has 0 aliphatic heterocycles. The molecule has 0 aromatic heterocycles. The Morgan fingerprint density at radius 2 is 0.447 bits per heavy atom. The van der Waals surface area contributed by atoms with Crippen molar-refractivity contribution in [1.29, 1.82) is 0 Å². The number of rotatable bonds is 84. The second kappa shape index (κ2) is 76.8. The summed E-state index contributed by atoms with van der Waals surface area (Å²) in [6.45, 7) is 7.38. The van der Waals surface area contributed by atoms with Crippen LogP contribution in [0.5, 0.6) is 0 Å². The molecule has 0 heterocycles. The van der Waals surface area contributed by atoms with E-state index in [1.54, 1.807) is 0 Å². The van der Waals surface area contributed by atoms with Crippen LogP contribution >= 0.6 is 15.6 Å². The highest BCUT2D eigenvalue weighted by atomic mass is 31.2. The summed E-state index contributed by atoms with van der Waals surface area (Å²) in [5.41, 5.74) is 0. The van der Waals surface area contributed by atoms with Crippen molar-refractivity contribution < 1.29 is 80.2 Å². The maximum atomic E-state index is 13.1. The molecule has 3 N–H and O–H groups in total. The molecule has 0 radical (unpaired) electrons. The van der Waals surface area contributed by atoms with Gasteiger partial charge in [-0.1, -0.05) is 401 Å². The highest BCUT2D eigenvalue weighted by Crippen LogP contribution is 2.45. The SMILES string of the molecule is CCCCCCCCCCCCCCCCCCCCC(=O)OC[C@H](COP(=O)(O)OC[C@@H](O)COP(=O)(O)OC[C@@H](COC(=O)CCCCCCCCCCCC)OC(=O)CCCCCCCCCCCCCCCC)OC(=O)CCCCCCCCCCCCCCCCCCCCC(C)C. The molecule has 5 atom stereocenters. The largest absolute Gasteiger partial charge is 0.472 e. The Balaban J connectivity index is 5.22. The highest BCUT2D eigenvalue weighted by Gasteiger charge is 2.30. The standard InChI is InChI=1S/C84H164O17P2/c1-6-9-12-15-18-21-24-26-28-29-33-36-40-43-48-53-58-63-68-82(87)95-74-80(101-84(89)70-65-60-55-50-45-41-37-34-31-30-32-35-38-42-46-51-56-61-66-77(4)5)76-99-103(92,93)97-72-78(85)71-96-102(90,91)98-75-79(73-94-81(86)67-62-57-52-47-23-20-17-14-11-8-3)100-83(88)69-64-59-54-49-44-39-27-25-22-19-16-13-10-7-2/h77-80,85H,6-76H2,1-5H3,(H,90,91)(H,92,93)/t78-,79+,80+/m0/s1. The minimum Gasteiger partial charge on any atom is -0.462 e. The van der Waals surface area contributed by atoms with Crippen molar-refractivity contribution in [1.82, 2.24) is 0 Å². The molecule has 0 spiro atoms. The number of unbranched alkanes of at least 4 members (excludes halogenated alkanes) is 56.